The maximum Gasteiger partial charge on any atom is 0.305 e. The molecule has 8 nitrogen and oxygen atoms in total. The van der Waals surface area contributed by atoms with Crippen LogP contribution in [-0.2, 0) is 20.7 Å². The second-order valence-corrected chi connectivity index (χ2v) is 8.96. The Hall–Kier alpha value is -3.46. The van der Waals surface area contributed by atoms with Gasteiger partial charge in [0.25, 0.3) is 5.91 Å². The van der Waals surface area contributed by atoms with Crippen molar-refractivity contribution in [2.24, 2.45) is 0 Å². The summed E-state index contributed by atoms with van der Waals surface area (Å²) in [6.07, 6.45) is 6.70. The predicted molar refractivity (Wildman–Crippen MR) is 147 cm³/mol. The van der Waals surface area contributed by atoms with E-state index in [0.717, 1.165) is 25.7 Å². The fraction of sp³-hybridized carbons (Fsp3) is 0.429. The van der Waals surface area contributed by atoms with Crippen LogP contribution >= 0.6 is 12.2 Å². The van der Waals surface area contributed by atoms with E-state index in [1.54, 1.807) is 24.3 Å². The number of aryl methyl sites for hydroxylation is 1. The van der Waals surface area contributed by atoms with E-state index in [1.165, 1.54) is 18.4 Å². The van der Waals surface area contributed by atoms with Gasteiger partial charge in [0.15, 0.2) is 5.11 Å². The fourth-order valence-corrected chi connectivity index (χ4v) is 3.56. The number of benzene rings is 2. The third-order valence-electron chi connectivity index (χ3n) is 5.43. The number of hydrazine groups is 1. The molecule has 37 heavy (non-hydrogen) atoms. The molecule has 0 saturated heterocycles. The van der Waals surface area contributed by atoms with E-state index in [2.05, 4.69) is 23.1 Å². The quantitative estimate of drug-likeness (QED) is 0.134. The molecule has 0 unspecified atom stereocenters. The first-order chi connectivity index (χ1) is 18.0. The number of thiocarbonyl (C=S) groups is 1. The van der Waals surface area contributed by atoms with Crippen LogP contribution in [0, 0.1) is 0 Å². The summed E-state index contributed by atoms with van der Waals surface area (Å²) >= 11 is 5.04. The van der Waals surface area contributed by atoms with Gasteiger partial charge in [0, 0.05) is 18.4 Å². The average molecular weight is 528 g/mol. The van der Waals surface area contributed by atoms with E-state index in [1.807, 2.05) is 30.3 Å². The second kappa shape index (κ2) is 17.9. The molecule has 2 amide bonds. The Labute approximate surface area is 224 Å². The van der Waals surface area contributed by atoms with Gasteiger partial charge < -0.3 is 14.8 Å². The van der Waals surface area contributed by atoms with Crippen molar-refractivity contribution in [2.75, 3.05) is 13.2 Å². The monoisotopic (exact) mass is 527 g/mol. The maximum atomic E-state index is 12.3. The van der Waals surface area contributed by atoms with Crippen molar-refractivity contribution in [1.29, 1.82) is 0 Å². The van der Waals surface area contributed by atoms with Crippen LogP contribution < -0.4 is 20.9 Å². The lowest BCUT2D eigenvalue weighted by Gasteiger charge is -2.11. The molecule has 0 fully saturated rings. The second-order valence-electron chi connectivity index (χ2n) is 8.55. The number of ether oxygens (including phenoxy) is 2. The Kier molecular flexibility index (Phi) is 14.4. The van der Waals surface area contributed by atoms with Gasteiger partial charge in [0.2, 0.25) is 5.91 Å². The summed E-state index contributed by atoms with van der Waals surface area (Å²) in [4.78, 5) is 36.1. The highest BCUT2D eigenvalue weighted by atomic mass is 32.1. The summed E-state index contributed by atoms with van der Waals surface area (Å²) in [5.74, 6) is -0.383. The van der Waals surface area contributed by atoms with E-state index >= 15 is 0 Å². The maximum absolute atomic E-state index is 12.3. The van der Waals surface area contributed by atoms with Crippen molar-refractivity contribution >= 4 is 35.1 Å². The Balaban J connectivity index is 1.54. The van der Waals surface area contributed by atoms with Gasteiger partial charge >= 0.3 is 5.97 Å². The smallest absolute Gasteiger partial charge is 0.305 e. The number of hydrogen-bond acceptors (Lipinski definition) is 6. The average Bonchev–Trinajstić information content (AvgIpc) is 2.90. The van der Waals surface area contributed by atoms with E-state index in [4.69, 9.17) is 21.7 Å². The summed E-state index contributed by atoms with van der Waals surface area (Å²) in [7, 11) is 0. The molecule has 2 aromatic carbocycles. The minimum atomic E-state index is -0.402. The topological polar surface area (TPSA) is 106 Å². The Bertz CT molecular complexity index is 983. The molecule has 0 aliphatic rings. The first-order valence-electron chi connectivity index (χ1n) is 12.8. The Morgan fingerprint density at radius 1 is 0.811 bits per heavy atom. The van der Waals surface area contributed by atoms with Crippen molar-refractivity contribution < 1.29 is 23.9 Å². The molecular formula is C28H37N3O5S. The van der Waals surface area contributed by atoms with Gasteiger partial charge in [0.05, 0.1) is 13.2 Å². The van der Waals surface area contributed by atoms with Crippen LogP contribution in [0.2, 0.25) is 0 Å². The predicted octanol–water partition coefficient (Wildman–Crippen LogP) is 4.63. The molecule has 3 N–H and O–H groups in total. The summed E-state index contributed by atoms with van der Waals surface area (Å²) in [5.41, 5.74) is 6.57. The third-order valence-corrected chi connectivity index (χ3v) is 5.63. The van der Waals surface area contributed by atoms with Gasteiger partial charge in [0.1, 0.15) is 5.75 Å². The number of hydrogen-bond donors (Lipinski definition) is 3. The molecule has 0 atom stereocenters. The van der Waals surface area contributed by atoms with Crippen LogP contribution in [0.5, 0.6) is 5.75 Å². The number of carbonyl (C=O) groups is 3. The normalized spacial score (nSPS) is 10.3. The third kappa shape index (κ3) is 13.4. The lowest BCUT2D eigenvalue weighted by molar-refractivity contribution is -0.143. The van der Waals surface area contributed by atoms with Crippen LogP contribution in [0.1, 0.15) is 74.2 Å². The van der Waals surface area contributed by atoms with Gasteiger partial charge in [-0.1, -0.05) is 56.5 Å². The Morgan fingerprint density at radius 2 is 1.57 bits per heavy atom. The van der Waals surface area contributed by atoms with Gasteiger partial charge in [-0.25, -0.2) is 0 Å². The number of esters is 1. The van der Waals surface area contributed by atoms with Crippen molar-refractivity contribution in [2.45, 2.75) is 64.7 Å². The summed E-state index contributed by atoms with van der Waals surface area (Å²) in [6.45, 7) is 3.16. The molecule has 9 heteroatoms. The molecule has 2 rings (SSSR count). The van der Waals surface area contributed by atoms with Crippen LogP contribution in [0.15, 0.2) is 54.6 Å². The van der Waals surface area contributed by atoms with Crippen molar-refractivity contribution in [3.8, 4) is 5.75 Å². The largest absolute Gasteiger partial charge is 0.494 e. The number of amides is 2. The Morgan fingerprint density at radius 3 is 2.30 bits per heavy atom. The first-order valence-corrected chi connectivity index (χ1v) is 13.2. The lowest BCUT2D eigenvalue weighted by atomic mass is 10.1. The van der Waals surface area contributed by atoms with Gasteiger partial charge in [-0.05, 0) is 67.7 Å². The zero-order valence-electron chi connectivity index (χ0n) is 21.4. The molecule has 200 valence electrons. The molecule has 0 aromatic heterocycles. The van der Waals surface area contributed by atoms with E-state index in [0.29, 0.717) is 30.9 Å². The lowest BCUT2D eigenvalue weighted by Crippen LogP contribution is -2.48. The van der Waals surface area contributed by atoms with Crippen LogP contribution in [0.25, 0.3) is 0 Å². The minimum Gasteiger partial charge on any atom is -0.494 e. The summed E-state index contributed by atoms with van der Waals surface area (Å²) in [6, 6.07) is 16.8. The SMILES string of the molecule is CCCCCCOc1ccc(C(=O)NNC(=S)NC(=O)CCCC(=O)OCCCc2ccccc2)cc1. The van der Waals surface area contributed by atoms with Crippen LogP contribution in [0.4, 0.5) is 0 Å². The highest BCUT2D eigenvalue weighted by Crippen LogP contribution is 2.13. The molecule has 0 radical (unpaired) electrons. The molecule has 0 aliphatic carbocycles. The molecule has 2 aromatic rings. The standard InChI is InChI=1S/C28H37N3O5S/c1-2-3-4-8-20-35-24-18-16-23(17-19-24)27(34)30-31-28(37)29-25(32)14-9-15-26(33)36-21-10-13-22-11-6-5-7-12-22/h5-7,11-12,16-19H,2-4,8-10,13-15,20-21H2,1H3,(H,30,34)(H2,29,31,32,37). The van der Waals surface area contributed by atoms with Gasteiger partial charge in [-0.15, -0.1) is 0 Å². The van der Waals surface area contributed by atoms with Crippen molar-refractivity contribution in [3.05, 3.63) is 65.7 Å². The molecule has 0 saturated carbocycles. The molecule has 0 spiro atoms. The zero-order valence-corrected chi connectivity index (χ0v) is 22.2. The van der Waals surface area contributed by atoms with E-state index in [-0.39, 0.29) is 29.8 Å². The summed E-state index contributed by atoms with van der Waals surface area (Å²) < 4.78 is 10.9. The number of unbranched alkanes of at least 4 members (excludes halogenated alkanes) is 3. The van der Waals surface area contributed by atoms with Gasteiger partial charge in [-0.3, -0.25) is 25.2 Å². The zero-order chi connectivity index (χ0) is 26.7. The van der Waals surface area contributed by atoms with Crippen molar-refractivity contribution in [1.82, 2.24) is 16.2 Å². The molecule has 0 heterocycles. The highest BCUT2D eigenvalue weighted by Gasteiger charge is 2.10. The highest BCUT2D eigenvalue weighted by molar-refractivity contribution is 7.80. The molecule has 0 aliphatic heterocycles. The molecule has 0 bridgehead atoms. The fourth-order valence-electron chi connectivity index (χ4n) is 3.40. The van der Waals surface area contributed by atoms with Crippen molar-refractivity contribution in [3.63, 3.8) is 0 Å². The van der Waals surface area contributed by atoms with Crippen LogP contribution in [-0.4, -0.2) is 36.1 Å². The van der Waals surface area contributed by atoms with Crippen LogP contribution in [0.3, 0.4) is 0 Å². The molecular weight excluding hydrogens is 490 g/mol. The van der Waals surface area contributed by atoms with E-state index < -0.39 is 5.91 Å². The minimum absolute atomic E-state index is 0.0335. The van der Waals surface area contributed by atoms with Gasteiger partial charge in [-0.2, -0.15) is 0 Å². The summed E-state index contributed by atoms with van der Waals surface area (Å²) in [5, 5.41) is 2.44. The first kappa shape index (κ1) is 29.8. The van der Waals surface area contributed by atoms with E-state index in [9.17, 15) is 14.4 Å². The number of rotatable bonds is 15. The number of carbonyl (C=O) groups excluding carboxylic acids is 3. The number of nitrogens with one attached hydrogen (secondary N) is 3.